The second-order valence-electron chi connectivity index (χ2n) is 7.05. The lowest BCUT2D eigenvalue weighted by atomic mass is 9.98. The number of imidazole rings is 1. The number of rotatable bonds is 6. The maximum atomic E-state index is 12.8. The molecule has 1 atom stereocenters. The number of hydrogen-bond acceptors (Lipinski definition) is 6. The minimum Gasteiger partial charge on any atom is -0.447 e. The van der Waals surface area contributed by atoms with E-state index in [4.69, 9.17) is 10.5 Å². The molecule has 1 amide bonds. The van der Waals surface area contributed by atoms with Crippen LogP contribution in [0.4, 0.5) is 0 Å². The van der Waals surface area contributed by atoms with Gasteiger partial charge in [-0.25, -0.2) is 13.4 Å². The third-order valence-electron chi connectivity index (χ3n) is 5.07. The summed E-state index contributed by atoms with van der Waals surface area (Å²) in [5, 5.41) is -0.00334. The van der Waals surface area contributed by atoms with Gasteiger partial charge in [0.25, 0.3) is 15.9 Å². The van der Waals surface area contributed by atoms with Gasteiger partial charge in [0, 0.05) is 31.9 Å². The van der Waals surface area contributed by atoms with E-state index in [1.54, 1.807) is 48.9 Å². The topological polar surface area (TPSA) is 125 Å². The molecule has 2 heterocycles. The molecule has 2 aromatic rings. The van der Waals surface area contributed by atoms with E-state index in [-0.39, 0.29) is 18.1 Å². The summed E-state index contributed by atoms with van der Waals surface area (Å²) in [5.41, 5.74) is 5.89. The largest absolute Gasteiger partial charge is 0.447 e. The predicted octanol–water partition coefficient (Wildman–Crippen LogP) is 0.899. The van der Waals surface area contributed by atoms with E-state index in [1.165, 1.54) is 10.5 Å². The van der Waals surface area contributed by atoms with Crippen LogP contribution in [0.2, 0.25) is 0 Å². The second-order valence-corrected chi connectivity index (χ2v) is 8.93. The quantitative estimate of drug-likeness (QED) is 0.692. The van der Waals surface area contributed by atoms with E-state index in [0.29, 0.717) is 24.2 Å². The number of aryl methyl sites for hydroxylation is 2. The normalized spacial score (nSPS) is 17.0. The number of primary amides is 1. The number of benzene rings is 1. The van der Waals surface area contributed by atoms with Crippen LogP contribution in [0, 0.1) is 12.8 Å². The van der Waals surface area contributed by atoms with Gasteiger partial charge in [0.05, 0.1) is 5.92 Å². The highest BCUT2D eigenvalue weighted by Crippen LogP contribution is 2.26. The number of nitrogens with two attached hydrogens (primary N) is 1. The van der Waals surface area contributed by atoms with Crippen LogP contribution in [0.15, 0.2) is 41.6 Å². The summed E-state index contributed by atoms with van der Waals surface area (Å²) in [6.07, 6.45) is 0.901. The van der Waals surface area contributed by atoms with Crippen molar-refractivity contribution in [3.05, 3.63) is 47.9 Å². The SMILES string of the molecule is Cc1nc(S(=O)(=O)N2CCC(C(=O)OC(C(N)=O)c3ccccc3)CC2)cn1C. The van der Waals surface area contributed by atoms with Gasteiger partial charge in [-0.15, -0.1) is 0 Å². The van der Waals surface area contributed by atoms with E-state index < -0.39 is 33.9 Å². The lowest BCUT2D eigenvalue weighted by Crippen LogP contribution is -2.41. The van der Waals surface area contributed by atoms with Gasteiger partial charge < -0.3 is 15.0 Å². The molecule has 1 aliphatic rings. The van der Waals surface area contributed by atoms with Crippen molar-refractivity contribution in [3.8, 4) is 0 Å². The van der Waals surface area contributed by atoms with E-state index in [2.05, 4.69) is 4.98 Å². The summed E-state index contributed by atoms with van der Waals surface area (Å²) in [7, 11) is -1.99. The lowest BCUT2D eigenvalue weighted by molar-refractivity contribution is -0.160. The Kier molecular flexibility index (Phi) is 6.04. The number of piperidine rings is 1. The van der Waals surface area contributed by atoms with Crippen LogP contribution >= 0.6 is 0 Å². The highest BCUT2D eigenvalue weighted by Gasteiger charge is 2.35. The lowest BCUT2D eigenvalue weighted by Gasteiger charge is -2.30. The van der Waals surface area contributed by atoms with Crippen molar-refractivity contribution >= 4 is 21.9 Å². The predicted molar refractivity (Wildman–Crippen MR) is 104 cm³/mol. The van der Waals surface area contributed by atoms with Crippen LogP contribution in [0.5, 0.6) is 0 Å². The number of nitrogens with zero attached hydrogens (tertiary/aromatic N) is 3. The number of ether oxygens (including phenoxy) is 1. The molecule has 0 aliphatic carbocycles. The first-order valence-electron chi connectivity index (χ1n) is 9.25. The molecule has 156 valence electrons. The molecule has 0 radical (unpaired) electrons. The van der Waals surface area contributed by atoms with Crippen molar-refractivity contribution in [2.24, 2.45) is 18.7 Å². The first-order valence-corrected chi connectivity index (χ1v) is 10.7. The Bertz CT molecular complexity index is 975. The summed E-state index contributed by atoms with van der Waals surface area (Å²) >= 11 is 0. The Morgan fingerprint density at radius 3 is 2.34 bits per heavy atom. The standard InChI is InChI=1S/C19H24N4O5S/c1-13-21-16(12-22(13)2)29(26,27)23-10-8-15(9-11-23)19(25)28-17(18(20)24)14-6-4-3-5-7-14/h3-7,12,15,17H,8-11H2,1-2H3,(H2,20,24). The third kappa shape index (κ3) is 4.48. The molecule has 0 spiro atoms. The third-order valence-corrected chi connectivity index (χ3v) is 6.84. The Hall–Kier alpha value is -2.72. The van der Waals surface area contributed by atoms with Gasteiger partial charge in [-0.05, 0) is 19.8 Å². The van der Waals surface area contributed by atoms with Gasteiger partial charge in [-0.2, -0.15) is 4.31 Å². The fourth-order valence-corrected chi connectivity index (χ4v) is 4.74. The molecule has 1 saturated heterocycles. The number of hydrogen-bond donors (Lipinski definition) is 1. The Morgan fingerprint density at radius 1 is 1.21 bits per heavy atom. The average Bonchev–Trinajstić information content (AvgIpc) is 3.06. The maximum Gasteiger partial charge on any atom is 0.310 e. The fourth-order valence-electron chi connectivity index (χ4n) is 3.25. The van der Waals surface area contributed by atoms with E-state index in [9.17, 15) is 18.0 Å². The van der Waals surface area contributed by atoms with Crippen LogP contribution in [-0.4, -0.2) is 47.2 Å². The Labute approximate surface area is 169 Å². The summed E-state index contributed by atoms with van der Waals surface area (Å²) in [4.78, 5) is 28.4. The van der Waals surface area contributed by atoms with Crippen molar-refractivity contribution in [1.82, 2.24) is 13.9 Å². The van der Waals surface area contributed by atoms with Crippen LogP contribution in [0.3, 0.4) is 0 Å². The maximum absolute atomic E-state index is 12.8. The first kappa shape index (κ1) is 21.0. The molecule has 1 fully saturated rings. The van der Waals surface area contributed by atoms with Crippen molar-refractivity contribution < 1.29 is 22.7 Å². The smallest absolute Gasteiger partial charge is 0.310 e. The molecular weight excluding hydrogens is 396 g/mol. The number of carbonyl (C=O) groups is 2. The zero-order valence-corrected chi connectivity index (χ0v) is 17.1. The molecule has 0 bridgehead atoms. The number of esters is 1. The van der Waals surface area contributed by atoms with Gasteiger partial charge in [0.2, 0.25) is 6.10 Å². The summed E-state index contributed by atoms with van der Waals surface area (Å²) in [5.74, 6) is -1.21. The van der Waals surface area contributed by atoms with Gasteiger partial charge >= 0.3 is 5.97 Å². The highest BCUT2D eigenvalue weighted by molar-refractivity contribution is 7.89. The van der Waals surface area contributed by atoms with Crippen molar-refractivity contribution in [2.45, 2.75) is 30.9 Å². The molecule has 1 unspecified atom stereocenters. The number of carbonyl (C=O) groups excluding carboxylic acids is 2. The molecule has 1 aromatic carbocycles. The van der Waals surface area contributed by atoms with Crippen LogP contribution in [0.25, 0.3) is 0 Å². The molecule has 29 heavy (non-hydrogen) atoms. The van der Waals surface area contributed by atoms with Crippen molar-refractivity contribution in [3.63, 3.8) is 0 Å². The molecule has 9 nitrogen and oxygen atoms in total. The number of aromatic nitrogens is 2. The van der Waals surface area contributed by atoms with Gasteiger partial charge in [-0.1, -0.05) is 30.3 Å². The minimum atomic E-state index is -3.72. The average molecular weight is 420 g/mol. The zero-order chi connectivity index (χ0) is 21.2. The zero-order valence-electron chi connectivity index (χ0n) is 16.3. The monoisotopic (exact) mass is 420 g/mol. The molecule has 1 aliphatic heterocycles. The van der Waals surface area contributed by atoms with E-state index in [0.717, 1.165) is 0 Å². The van der Waals surface area contributed by atoms with Crippen molar-refractivity contribution in [2.75, 3.05) is 13.1 Å². The molecular formula is C19H24N4O5S. The Morgan fingerprint density at radius 2 is 1.83 bits per heavy atom. The molecule has 3 rings (SSSR count). The van der Waals surface area contributed by atoms with Gasteiger partial charge in [0.1, 0.15) is 5.82 Å². The minimum absolute atomic E-state index is 0.00334. The summed E-state index contributed by atoms with van der Waals surface area (Å²) < 4.78 is 33.8. The second kappa shape index (κ2) is 8.34. The van der Waals surface area contributed by atoms with E-state index in [1.807, 2.05) is 0 Å². The number of sulfonamides is 1. The van der Waals surface area contributed by atoms with E-state index >= 15 is 0 Å². The molecule has 1 aromatic heterocycles. The number of amides is 1. The highest BCUT2D eigenvalue weighted by atomic mass is 32.2. The Balaban J connectivity index is 1.64. The van der Waals surface area contributed by atoms with Gasteiger partial charge in [0.15, 0.2) is 5.03 Å². The first-order chi connectivity index (χ1) is 13.7. The summed E-state index contributed by atoms with van der Waals surface area (Å²) in [6.45, 7) is 2.07. The van der Waals surface area contributed by atoms with Crippen molar-refractivity contribution in [1.29, 1.82) is 0 Å². The molecule has 2 N–H and O–H groups in total. The molecule has 0 saturated carbocycles. The summed E-state index contributed by atoms with van der Waals surface area (Å²) in [6, 6.07) is 8.55. The molecule has 10 heteroatoms. The fraction of sp³-hybridized carbons (Fsp3) is 0.421. The van der Waals surface area contributed by atoms with Crippen LogP contribution in [0.1, 0.15) is 30.3 Å². The van der Waals surface area contributed by atoms with Crippen LogP contribution < -0.4 is 5.73 Å². The van der Waals surface area contributed by atoms with Gasteiger partial charge in [-0.3, -0.25) is 9.59 Å². The van der Waals surface area contributed by atoms with Crippen LogP contribution in [-0.2, 0) is 31.4 Å².